The van der Waals surface area contributed by atoms with Crippen molar-refractivity contribution in [2.45, 2.75) is 6.42 Å². The van der Waals surface area contributed by atoms with Gasteiger partial charge in [0.25, 0.3) is 0 Å². The number of thiazole rings is 1. The fraction of sp³-hybridized carbons (Fsp3) is 0.111. The molecule has 0 aliphatic carbocycles. The third-order valence-electron chi connectivity index (χ3n) is 1.63. The second-order valence-corrected chi connectivity index (χ2v) is 3.85. The molecule has 3 nitrogen and oxygen atoms in total. The number of nitrogens with zero attached hydrogens (tertiary/aromatic N) is 1. The van der Waals surface area contributed by atoms with Crippen LogP contribution in [0.2, 0.25) is 5.22 Å². The number of rotatable bonds is 3. The van der Waals surface area contributed by atoms with E-state index in [4.69, 9.17) is 16.0 Å². The second kappa shape index (κ2) is 3.94. The second-order valence-electron chi connectivity index (χ2n) is 2.62. The van der Waals surface area contributed by atoms with Gasteiger partial charge < -0.3 is 9.21 Å². The number of furan rings is 1. The first kappa shape index (κ1) is 9.43. The van der Waals surface area contributed by atoms with Crippen LogP contribution in [0.1, 0.15) is 5.69 Å². The SMILES string of the molecule is O=CCc1csc(-c2ccc(Cl)o2)n1. The molecule has 2 heterocycles. The normalized spacial score (nSPS) is 10.4. The van der Waals surface area contributed by atoms with Gasteiger partial charge in [0.15, 0.2) is 16.0 Å². The summed E-state index contributed by atoms with van der Waals surface area (Å²) in [4.78, 5) is 14.5. The number of aldehydes is 1. The fourth-order valence-corrected chi connectivity index (χ4v) is 1.97. The molecular formula is C9H6ClNO2S. The zero-order valence-corrected chi connectivity index (χ0v) is 8.64. The van der Waals surface area contributed by atoms with Crippen LogP contribution >= 0.6 is 22.9 Å². The van der Waals surface area contributed by atoms with E-state index in [1.165, 1.54) is 11.3 Å². The lowest BCUT2D eigenvalue weighted by Gasteiger charge is -1.87. The van der Waals surface area contributed by atoms with E-state index in [2.05, 4.69) is 4.98 Å². The Morgan fingerprint density at radius 3 is 3.07 bits per heavy atom. The molecule has 2 rings (SSSR count). The van der Waals surface area contributed by atoms with Gasteiger partial charge in [0.2, 0.25) is 0 Å². The van der Waals surface area contributed by atoms with Crippen LogP contribution in [0.15, 0.2) is 21.9 Å². The third-order valence-corrected chi connectivity index (χ3v) is 2.74. The van der Waals surface area contributed by atoms with Crippen molar-refractivity contribution in [1.82, 2.24) is 4.98 Å². The summed E-state index contributed by atoms with van der Waals surface area (Å²) in [5.74, 6) is 0.636. The molecule has 0 N–H and O–H groups in total. The molecule has 2 aromatic rings. The minimum absolute atomic E-state index is 0.338. The van der Waals surface area contributed by atoms with Gasteiger partial charge in [-0.05, 0) is 23.7 Å². The largest absolute Gasteiger partial charge is 0.442 e. The Labute approximate surface area is 89.3 Å². The molecule has 0 spiro atoms. The maximum absolute atomic E-state index is 10.2. The molecule has 0 saturated carbocycles. The van der Waals surface area contributed by atoms with Gasteiger partial charge in [0, 0.05) is 11.8 Å². The highest BCUT2D eigenvalue weighted by molar-refractivity contribution is 7.13. The number of halogens is 1. The topological polar surface area (TPSA) is 43.1 Å². The van der Waals surface area contributed by atoms with Crippen LogP contribution in [0.3, 0.4) is 0 Å². The monoisotopic (exact) mass is 227 g/mol. The first-order valence-corrected chi connectivity index (χ1v) is 5.19. The van der Waals surface area contributed by atoms with E-state index < -0.39 is 0 Å². The zero-order chi connectivity index (χ0) is 9.97. The van der Waals surface area contributed by atoms with Crippen LogP contribution in [0, 0.1) is 0 Å². The van der Waals surface area contributed by atoms with Crippen molar-refractivity contribution in [2.24, 2.45) is 0 Å². The van der Waals surface area contributed by atoms with Crippen molar-refractivity contribution in [1.29, 1.82) is 0 Å². The predicted octanol–water partition coefficient (Wildman–Crippen LogP) is 2.80. The predicted molar refractivity (Wildman–Crippen MR) is 54.6 cm³/mol. The molecule has 0 atom stereocenters. The number of hydrogen-bond acceptors (Lipinski definition) is 4. The van der Waals surface area contributed by atoms with Crippen LogP contribution in [0.4, 0.5) is 0 Å². The smallest absolute Gasteiger partial charge is 0.194 e. The van der Waals surface area contributed by atoms with Crippen LogP contribution in [-0.4, -0.2) is 11.3 Å². The molecule has 0 aliphatic heterocycles. The number of aromatic nitrogens is 1. The molecule has 0 bridgehead atoms. The van der Waals surface area contributed by atoms with Crippen molar-refractivity contribution < 1.29 is 9.21 Å². The summed E-state index contributed by atoms with van der Waals surface area (Å²) in [5, 5.41) is 2.92. The van der Waals surface area contributed by atoms with Gasteiger partial charge in [-0.25, -0.2) is 4.98 Å². The number of carbonyl (C=O) groups excluding carboxylic acids is 1. The molecule has 72 valence electrons. The van der Waals surface area contributed by atoms with Gasteiger partial charge in [0.1, 0.15) is 6.29 Å². The molecule has 2 aromatic heterocycles. The van der Waals surface area contributed by atoms with Gasteiger partial charge in [-0.1, -0.05) is 0 Å². The lowest BCUT2D eigenvalue weighted by molar-refractivity contribution is -0.107. The van der Waals surface area contributed by atoms with Gasteiger partial charge >= 0.3 is 0 Å². The van der Waals surface area contributed by atoms with Crippen LogP contribution in [-0.2, 0) is 11.2 Å². The standard InChI is InChI=1S/C9H6ClNO2S/c10-8-2-1-7(13-8)9-11-6(3-4-12)5-14-9/h1-2,4-5H,3H2. The highest BCUT2D eigenvalue weighted by Crippen LogP contribution is 2.27. The lowest BCUT2D eigenvalue weighted by atomic mass is 10.4. The molecule has 0 fully saturated rings. The van der Waals surface area contributed by atoms with Gasteiger partial charge in [-0.3, -0.25) is 0 Å². The maximum atomic E-state index is 10.2. The minimum Gasteiger partial charge on any atom is -0.442 e. The quantitative estimate of drug-likeness (QED) is 0.758. The Morgan fingerprint density at radius 2 is 2.43 bits per heavy atom. The van der Waals surface area contributed by atoms with Gasteiger partial charge in [-0.2, -0.15) is 0 Å². The Balaban J connectivity index is 2.28. The van der Waals surface area contributed by atoms with E-state index in [0.717, 1.165) is 17.0 Å². The molecule has 0 aromatic carbocycles. The molecular weight excluding hydrogens is 222 g/mol. The summed E-state index contributed by atoms with van der Waals surface area (Å²) in [5.41, 5.74) is 0.757. The van der Waals surface area contributed by atoms with E-state index in [1.807, 2.05) is 5.38 Å². The Kier molecular flexibility index (Phi) is 2.65. The Bertz CT molecular complexity index is 449. The van der Waals surface area contributed by atoms with Crippen molar-refractivity contribution in [3.8, 4) is 10.8 Å². The van der Waals surface area contributed by atoms with Crippen molar-refractivity contribution in [3.63, 3.8) is 0 Å². The van der Waals surface area contributed by atoms with E-state index in [9.17, 15) is 4.79 Å². The summed E-state index contributed by atoms with van der Waals surface area (Å²) in [6, 6.07) is 3.42. The third kappa shape index (κ3) is 1.86. The van der Waals surface area contributed by atoms with Crippen LogP contribution in [0.5, 0.6) is 0 Å². The Hall–Kier alpha value is -1.13. The van der Waals surface area contributed by atoms with E-state index >= 15 is 0 Å². The molecule has 0 saturated heterocycles. The van der Waals surface area contributed by atoms with Crippen molar-refractivity contribution >= 4 is 29.2 Å². The highest BCUT2D eigenvalue weighted by Gasteiger charge is 2.08. The molecule has 0 aliphatic rings. The maximum Gasteiger partial charge on any atom is 0.194 e. The summed E-state index contributed by atoms with van der Waals surface area (Å²) < 4.78 is 5.19. The first-order valence-electron chi connectivity index (χ1n) is 3.93. The molecule has 5 heteroatoms. The molecule has 0 radical (unpaired) electrons. The van der Waals surface area contributed by atoms with E-state index in [-0.39, 0.29) is 0 Å². The highest BCUT2D eigenvalue weighted by atomic mass is 35.5. The molecule has 14 heavy (non-hydrogen) atoms. The summed E-state index contributed by atoms with van der Waals surface area (Å²) >= 11 is 7.07. The van der Waals surface area contributed by atoms with Crippen molar-refractivity contribution in [2.75, 3.05) is 0 Å². The summed E-state index contributed by atoms with van der Waals surface area (Å²) in [6.07, 6.45) is 1.17. The van der Waals surface area contributed by atoms with Crippen molar-refractivity contribution in [3.05, 3.63) is 28.4 Å². The lowest BCUT2D eigenvalue weighted by Crippen LogP contribution is -1.84. The number of carbonyl (C=O) groups is 1. The van der Waals surface area contributed by atoms with Gasteiger partial charge in [-0.15, -0.1) is 11.3 Å². The summed E-state index contributed by atoms with van der Waals surface area (Å²) in [6.45, 7) is 0. The molecule has 0 unspecified atom stereocenters. The van der Waals surface area contributed by atoms with Crippen LogP contribution in [0.25, 0.3) is 10.8 Å². The molecule has 0 amide bonds. The van der Waals surface area contributed by atoms with E-state index in [0.29, 0.717) is 17.4 Å². The average molecular weight is 228 g/mol. The number of hydrogen-bond donors (Lipinski definition) is 0. The first-order chi connectivity index (χ1) is 6.79. The Morgan fingerprint density at radius 1 is 1.57 bits per heavy atom. The fourth-order valence-electron chi connectivity index (χ4n) is 1.03. The van der Waals surface area contributed by atoms with E-state index in [1.54, 1.807) is 12.1 Å². The summed E-state index contributed by atoms with van der Waals surface area (Å²) in [7, 11) is 0. The average Bonchev–Trinajstić information content (AvgIpc) is 2.74. The van der Waals surface area contributed by atoms with Gasteiger partial charge in [0.05, 0.1) is 5.69 Å². The van der Waals surface area contributed by atoms with Crippen LogP contribution < -0.4 is 0 Å². The zero-order valence-electron chi connectivity index (χ0n) is 7.07. The minimum atomic E-state index is 0.338.